The summed E-state index contributed by atoms with van der Waals surface area (Å²) in [6.07, 6.45) is 3.18. The van der Waals surface area contributed by atoms with Crippen LogP contribution in [0.5, 0.6) is 5.75 Å². The fourth-order valence-electron chi connectivity index (χ4n) is 1.95. The van der Waals surface area contributed by atoms with Crippen molar-refractivity contribution in [2.45, 2.75) is 52.2 Å². The van der Waals surface area contributed by atoms with Gasteiger partial charge in [0.1, 0.15) is 5.75 Å². The van der Waals surface area contributed by atoms with Crippen LogP contribution in [-0.4, -0.2) is 24.6 Å². The summed E-state index contributed by atoms with van der Waals surface area (Å²) in [7, 11) is 0. The van der Waals surface area contributed by atoms with Gasteiger partial charge in [-0.1, -0.05) is 25.8 Å². The third-order valence-electron chi connectivity index (χ3n) is 2.99. The van der Waals surface area contributed by atoms with Crippen molar-refractivity contribution in [3.8, 4) is 5.75 Å². The first kappa shape index (κ1) is 16.5. The standard InChI is InChI=1S/C16H26N2O2/c1-4-5-8-14(11-17)18-16(19)13-7-6-9-15(10-13)20-12(2)3/h6-7,9-10,12,14H,4-5,8,11,17H2,1-3H3,(H,18,19). The molecule has 112 valence electrons. The van der Waals surface area contributed by atoms with Gasteiger partial charge >= 0.3 is 0 Å². The lowest BCUT2D eigenvalue weighted by Crippen LogP contribution is -2.40. The molecular weight excluding hydrogens is 252 g/mol. The molecule has 0 radical (unpaired) electrons. The van der Waals surface area contributed by atoms with E-state index in [2.05, 4.69) is 12.2 Å². The number of benzene rings is 1. The third-order valence-corrected chi connectivity index (χ3v) is 2.99. The van der Waals surface area contributed by atoms with Crippen LogP contribution in [0.2, 0.25) is 0 Å². The summed E-state index contributed by atoms with van der Waals surface area (Å²) in [5, 5.41) is 2.98. The SMILES string of the molecule is CCCCC(CN)NC(=O)c1cccc(OC(C)C)c1. The summed E-state index contributed by atoms with van der Waals surface area (Å²) >= 11 is 0. The van der Waals surface area contributed by atoms with Crippen LogP contribution in [0.4, 0.5) is 0 Å². The van der Waals surface area contributed by atoms with Crippen LogP contribution in [0, 0.1) is 0 Å². The summed E-state index contributed by atoms with van der Waals surface area (Å²) in [6.45, 7) is 6.51. The number of amides is 1. The third kappa shape index (κ3) is 5.61. The molecule has 0 bridgehead atoms. The molecule has 0 aliphatic heterocycles. The molecule has 0 saturated carbocycles. The van der Waals surface area contributed by atoms with Crippen molar-refractivity contribution in [3.63, 3.8) is 0 Å². The second-order valence-electron chi connectivity index (χ2n) is 5.24. The van der Waals surface area contributed by atoms with E-state index < -0.39 is 0 Å². The lowest BCUT2D eigenvalue weighted by atomic mass is 10.1. The maximum atomic E-state index is 12.2. The van der Waals surface area contributed by atoms with Gasteiger partial charge in [-0.05, 0) is 38.5 Å². The Labute approximate surface area is 121 Å². The minimum Gasteiger partial charge on any atom is -0.491 e. The maximum absolute atomic E-state index is 12.2. The zero-order valence-corrected chi connectivity index (χ0v) is 12.7. The van der Waals surface area contributed by atoms with Crippen molar-refractivity contribution in [2.75, 3.05) is 6.54 Å². The van der Waals surface area contributed by atoms with Crippen molar-refractivity contribution in [1.82, 2.24) is 5.32 Å². The van der Waals surface area contributed by atoms with Crippen LogP contribution >= 0.6 is 0 Å². The van der Waals surface area contributed by atoms with Gasteiger partial charge in [0, 0.05) is 18.2 Å². The Hall–Kier alpha value is -1.55. The van der Waals surface area contributed by atoms with Crippen LogP contribution in [-0.2, 0) is 0 Å². The minimum atomic E-state index is -0.0919. The van der Waals surface area contributed by atoms with Gasteiger partial charge in [-0.3, -0.25) is 4.79 Å². The van der Waals surface area contributed by atoms with Crippen molar-refractivity contribution in [3.05, 3.63) is 29.8 Å². The highest BCUT2D eigenvalue weighted by Gasteiger charge is 2.12. The Balaban J connectivity index is 2.66. The average Bonchev–Trinajstić information content (AvgIpc) is 2.42. The van der Waals surface area contributed by atoms with Crippen molar-refractivity contribution in [2.24, 2.45) is 5.73 Å². The van der Waals surface area contributed by atoms with E-state index in [0.29, 0.717) is 17.9 Å². The Morgan fingerprint density at radius 1 is 1.40 bits per heavy atom. The number of unbranched alkanes of at least 4 members (excludes halogenated alkanes) is 1. The van der Waals surface area contributed by atoms with E-state index in [1.54, 1.807) is 12.1 Å². The molecule has 0 heterocycles. The van der Waals surface area contributed by atoms with Gasteiger partial charge in [-0.15, -0.1) is 0 Å². The molecule has 4 nitrogen and oxygen atoms in total. The van der Waals surface area contributed by atoms with Crippen molar-refractivity contribution in [1.29, 1.82) is 0 Å². The molecule has 1 aromatic carbocycles. The number of nitrogens with two attached hydrogens (primary N) is 1. The number of rotatable bonds is 8. The normalized spacial score (nSPS) is 12.2. The fraction of sp³-hybridized carbons (Fsp3) is 0.562. The number of nitrogens with one attached hydrogen (secondary N) is 1. The maximum Gasteiger partial charge on any atom is 0.251 e. The number of carbonyl (C=O) groups excluding carboxylic acids is 1. The van der Waals surface area contributed by atoms with E-state index >= 15 is 0 Å². The van der Waals surface area contributed by atoms with Crippen LogP contribution in [0.25, 0.3) is 0 Å². The molecule has 1 atom stereocenters. The van der Waals surface area contributed by atoms with Gasteiger partial charge in [0.2, 0.25) is 0 Å². The summed E-state index contributed by atoms with van der Waals surface area (Å²) in [6, 6.07) is 7.28. The predicted molar refractivity (Wildman–Crippen MR) is 82.0 cm³/mol. The lowest BCUT2D eigenvalue weighted by Gasteiger charge is -2.17. The zero-order valence-electron chi connectivity index (χ0n) is 12.7. The zero-order chi connectivity index (χ0) is 15.0. The number of carbonyl (C=O) groups is 1. The van der Waals surface area contributed by atoms with E-state index in [0.717, 1.165) is 19.3 Å². The molecular formula is C16H26N2O2. The monoisotopic (exact) mass is 278 g/mol. The van der Waals surface area contributed by atoms with Crippen molar-refractivity contribution < 1.29 is 9.53 Å². The highest BCUT2D eigenvalue weighted by Crippen LogP contribution is 2.15. The number of hydrogen-bond donors (Lipinski definition) is 2. The van der Waals surface area contributed by atoms with Gasteiger partial charge in [-0.25, -0.2) is 0 Å². The van der Waals surface area contributed by atoms with E-state index in [9.17, 15) is 4.79 Å². The Morgan fingerprint density at radius 3 is 2.75 bits per heavy atom. The fourth-order valence-corrected chi connectivity index (χ4v) is 1.95. The van der Waals surface area contributed by atoms with Gasteiger partial charge < -0.3 is 15.8 Å². The highest BCUT2D eigenvalue weighted by atomic mass is 16.5. The largest absolute Gasteiger partial charge is 0.491 e. The van der Waals surface area contributed by atoms with Gasteiger partial charge in [0.25, 0.3) is 5.91 Å². The van der Waals surface area contributed by atoms with E-state index in [4.69, 9.17) is 10.5 Å². The molecule has 1 amide bonds. The topological polar surface area (TPSA) is 64.3 Å². The summed E-state index contributed by atoms with van der Waals surface area (Å²) in [5.41, 5.74) is 6.31. The second-order valence-corrected chi connectivity index (χ2v) is 5.24. The molecule has 20 heavy (non-hydrogen) atoms. The molecule has 1 unspecified atom stereocenters. The van der Waals surface area contributed by atoms with Gasteiger partial charge in [-0.2, -0.15) is 0 Å². The van der Waals surface area contributed by atoms with E-state index in [1.165, 1.54) is 0 Å². The van der Waals surface area contributed by atoms with Crippen LogP contribution in [0.1, 0.15) is 50.4 Å². The number of ether oxygens (including phenoxy) is 1. The minimum absolute atomic E-state index is 0.0390. The summed E-state index contributed by atoms with van der Waals surface area (Å²) in [5.74, 6) is 0.622. The quantitative estimate of drug-likeness (QED) is 0.768. The smallest absolute Gasteiger partial charge is 0.251 e. The first-order valence-electron chi connectivity index (χ1n) is 7.34. The van der Waals surface area contributed by atoms with E-state index in [1.807, 2.05) is 26.0 Å². The first-order chi connectivity index (χ1) is 9.56. The molecule has 0 fully saturated rings. The molecule has 1 rings (SSSR count). The van der Waals surface area contributed by atoms with Crippen LogP contribution in [0.3, 0.4) is 0 Å². The Bertz CT molecular complexity index is 419. The molecule has 1 aromatic rings. The molecule has 0 aromatic heterocycles. The molecule has 0 aliphatic carbocycles. The van der Waals surface area contributed by atoms with E-state index in [-0.39, 0.29) is 18.1 Å². The summed E-state index contributed by atoms with van der Waals surface area (Å²) < 4.78 is 5.60. The van der Waals surface area contributed by atoms with Gasteiger partial charge in [0.05, 0.1) is 6.10 Å². The van der Waals surface area contributed by atoms with Crippen LogP contribution < -0.4 is 15.8 Å². The molecule has 0 saturated heterocycles. The molecule has 0 aliphatic rings. The highest BCUT2D eigenvalue weighted by molar-refractivity contribution is 5.94. The Kier molecular flexibility index (Phi) is 7.09. The second kappa shape index (κ2) is 8.59. The summed E-state index contributed by atoms with van der Waals surface area (Å²) in [4.78, 5) is 12.2. The predicted octanol–water partition coefficient (Wildman–Crippen LogP) is 2.72. The van der Waals surface area contributed by atoms with Gasteiger partial charge in [0.15, 0.2) is 0 Å². The lowest BCUT2D eigenvalue weighted by molar-refractivity contribution is 0.0935. The average molecular weight is 278 g/mol. The first-order valence-corrected chi connectivity index (χ1v) is 7.34. The molecule has 4 heteroatoms. The van der Waals surface area contributed by atoms with Crippen molar-refractivity contribution >= 4 is 5.91 Å². The van der Waals surface area contributed by atoms with Crippen LogP contribution in [0.15, 0.2) is 24.3 Å². The Morgan fingerprint density at radius 2 is 2.15 bits per heavy atom. The molecule has 3 N–H and O–H groups in total. The molecule has 0 spiro atoms. The number of hydrogen-bond acceptors (Lipinski definition) is 3.